The van der Waals surface area contributed by atoms with Crippen molar-refractivity contribution in [2.24, 2.45) is 5.92 Å². The molecule has 0 N–H and O–H groups in total. The summed E-state index contributed by atoms with van der Waals surface area (Å²) in [4.78, 5) is 18.0. The van der Waals surface area contributed by atoms with Crippen LogP contribution in [0.1, 0.15) is 29.9 Å². The Morgan fingerprint density at radius 1 is 1.56 bits per heavy atom. The first-order valence-corrected chi connectivity index (χ1v) is 6.38. The molecular formula is C12H19NO2S. The van der Waals surface area contributed by atoms with Crippen LogP contribution in [0.5, 0.6) is 0 Å². The molecule has 0 unspecified atom stereocenters. The van der Waals surface area contributed by atoms with Gasteiger partial charge in [0.1, 0.15) is 0 Å². The summed E-state index contributed by atoms with van der Waals surface area (Å²) in [6.45, 7) is 5.54. The minimum absolute atomic E-state index is 0.190. The molecule has 0 atom stereocenters. The number of hydrogen-bond acceptors (Lipinski definition) is 4. The van der Waals surface area contributed by atoms with Gasteiger partial charge < -0.3 is 0 Å². The topological polar surface area (TPSA) is 29.5 Å². The van der Waals surface area contributed by atoms with Crippen molar-refractivity contribution in [3.05, 3.63) is 22.4 Å². The van der Waals surface area contributed by atoms with E-state index in [1.165, 1.54) is 11.3 Å². The molecule has 0 saturated carbocycles. The van der Waals surface area contributed by atoms with E-state index in [-0.39, 0.29) is 5.78 Å². The smallest absolute Gasteiger partial charge is 0.174 e. The Hall–Kier alpha value is -0.710. The number of hydroxylamine groups is 2. The van der Waals surface area contributed by atoms with E-state index in [0.717, 1.165) is 4.88 Å². The second-order valence-corrected chi connectivity index (χ2v) is 5.14. The highest BCUT2D eigenvalue weighted by atomic mass is 32.1. The van der Waals surface area contributed by atoms with Crippen molar-refractivity contribution < 1.29 is 9.63 Å². The van der Waals surface area contributed by atoms with E-state index in [9.17, 15) is 4.79 Å². The summed E-state index contributed by atoms with van der Waals surface area (Å²) in [7, 11) is 1.87. The molecule has 1 aromatic rings. The third kappa shape index (κ3) is 4.88. The summed E-state index contributed by atoms with van der Waals surface area (Å²) in [6.07, 6.45) is 0.509. The monoisotopic (exact) mass is 241 g/mol. The average Bonchev–Trinajstić information content (AvgIpc) is 2.76. The normalized spacial score (nSPS) is 11.3. The maximum absolute atomic E-state index is 11.7. The first kappa shape index (κ1) is 13.4. The molecule has 4 heteroatoms. The SMILES string of the molecule is CC(C)CON(C)CCC(=O)c1cccs1. The van der Waals surface area contributed by atoms with Gasteiger partial charge >= 0.3 is 0 Å². The number of carbonyl (C=O) groups excluding carboxylic acids is 1. The summed E-state index contributed by atoms with van der Waals surface area (Å²) in [5.41, 5.74) is 0. The molecule has 0 aromatic carbocycles. The molecule has 0 spiro atoms. The average molecular weight is 241 g/mol. The fraction of sp³-hybridized carbons (Fsp3) is 0.583. The van der Waals surface area contributed by atoms with Gasteiger partial charge in [-0.1, -0.05) is 19.9 Å². The predicted molar refractivity (Wildman–Crippen MR) is 66.7 cm³/mol. The van der Waals surface area contributed by atoms with Crippen molar-refractivity contribution in [3.8, 4) is 0 Å². The number of carbonyl (C=O) groups is 1. The van der Waals surface area contributed by atoms with Crippen molar-refractivity contribution >= 4 is 17.1 Å². The third-order valence-electron chi connectivity index (χ3n) is 2.08. The van der Waals surface area contributed by atoms with Crippen molar-refractivity contribution in [2.45, 2.75) is 20.3 Å². The van der Waals surface area contributed by atoms with Crippen molar-refractivity contribution in [1.29, 1.82) is 0 Å². The predicted octanol–water partition coefficient (Wildman–Crippen LogP) is 2.84. The quantitative estimate of drug-likeness (QED) is 0.543. The van der Waals surface area contributed by atoms with Gasteiger partial charge in [0.05, 0.1) is 11.5 Å². The first-order valence-electron chi connectivity index (χ1n) is 5.50. The molecule has 0 fully saturated rings. The summed E-state index contributed by atoms with van der Waals surface area (Å²) < 4.78 is 0. The van der Waals surface area contributed by atoms with Crippen molar-refractivity contribution in [1.82, 2.24) is 5.06 Å². The van der Waals surface area contributed by atoms with Gasteiger partial charge in [0, 0.05) is 20.0 Å². The van der Waals surface area contributed by atoms with E-state index >= 15 is 0 Å². The maximum atomic E-state index is 11.7. The zero-order chi connectivity index (χ0) is 12.0. The molecule has 0 aliphatic heterocycles. The molecule has 0 bridgehead atoms. The highest BCUT2D eigenvalue weighted by molar-refractivity contribution is 7.12. The van der Waals surface area contributed by atoms with E-state index in [1.807, 2.05) is 24.6 Å². The number of hydrogen-bond donors (Lipinski definition) is 0. The molecule has 90 valence electrons. The lowest BCUT2D eigenvalue weighted by molar-refractivity contribution is -0.147. The minimum Gasteiger partial charge on any atom is -0.299 e. The number of Topliss-reactive ketones (excluding diaryl/α,β-unsaturated/α-hetero) is 1. The van der Waals surface area contributed by atoms with Crippen LogP contribution in [0.25, 0.3) is 0 Å². The summed E-state index contributed by atoms with van der Waals surface area (Å²) >= 11 is 1.49. The molecule has 3 nitrogen and oxygen atoms in total. The molecule has 0 amide bonds. The molecular weight excluding hydrogens is 222 g/mol. The lowest BCUT2D eigenvalue weighted by Crippen LogP contribution is -2.24. The summed E-state index contributed by atoms with van der Waals surface area (Å²) in [5, 5.41) is 3.66. The van der Waals surface area contributed by atoms with Crippen LogP contribution in [0, 0.1) is 5.92 Å². The van der Waals surface area contributed by atoms with Gasteiger partial charge in [-0.25, -0.2) is 0 Å². The highest BCUT2D eigenvalue weighted by Gasteiger charge is 2.08. The molecule has 1 rings (SSSR count). The van der Waals surface area contributed by atoms with Crippen LogP contribution < -0.4 is 0 Å². The lowest BCUT2D eigenvalue weighted by atomic mass is 10.2. The Balaban J connectivity index is 2.21. The van der Waals surface area contributed by atoms with Gasteiger partial charge in [-0.15, -0.1) is 11.3 Å². The molecule has 1 aromatic heterocycles. The van der Waals surface area contributed by atoms with Gasteiger partial charge in [-0.05, 0) is 17.4 Å². The van der Waals surface area contributed by atoms with Gasteiger partial charge in [-0.2, -0.15) is 5.06 Å². The second kappa shape index (κ2) is 6.78. The maximum Gasteiger partial charge on any atom is 0.174 e. The summed E-state index contributed by atoms with van der Waals surface area (Å²) in [5.74, 6) is 0.699. The van der Waals surface area contributed by atoms with Gasteiger partial charge in [0.25, 0.3) is 0 Å². The Morgan fingerprint density at radius 2 is 2.31 bits per heavy atom. The second-order valence-electron chi connectivity index (χ2n) is 4.19. The Morgan fingerprint density at radius 3 is 2.88 bits per heavy atom. The van der Waals surface area contributed by atoms with E-state index in [1.54, 1.807) is 5.06 Å². The number of ketones is 1. The van der Waals surface area contributed by atoms with Crippen molar-refractivity contribution in [2.75, 3.05) is 20.2 Å². The molecule has 0 aliphatic carbocycles. The van der Waals surface area contributed by atoms with Gasteiger partial charge in [-0.3, -0.25) is 9.63 Å². The number of rotatable bonds is 7. The fourth-order valence-corrected chi connectivity index (χ4v) is 1.85. The molecule has 0 saturated heterocycles. The van der Waals surface area contributed by atoms with Crippen LogP contribution in [-0.4, -0.2) is 31.0 Å². The minimum atomic E-state index is 0.190. The number of nitrogens with zero attached hydrogens (tertiary/aromatic N) is 1. The van der Waals surface area contributed by atoms with Crippen molar-refractivity contribution in [3.63, 3.8) is 0 Å². The first-order chi connectivity index (χ1) is 7.59. The van der Waals surface area contributed by atoms with Crippen LogP contribution in [0.4, 0.5) is 0 Å². The highest BCUT2D eigenvalue weighted by Crippen LogP contribution is 2.11. The molecule has 0 radical (unpaired) electrons. The van der Waals surface area contributed by atoms with E-state index in [4.69, 9.17) is 4.84 Å². The van der Waals surface area contributed by atoms with Crippen LogP contribution in [0.3, 0.4) is 0 Å². The third-order valence-corrected chi connectivity index (χ3v) is 2.99. The Bertz CT molecular complexity index is 309. The van der Waals surface area contributed by atoms with Gasteiger partial charge in [0.15, 0.2) is 5.78 Å². The van der Waals surface area contributed by atoms with E-state index in [0.29, 0.717) is 25.5 Å². The standard InChI is InChI=1S/C12H19NO2S/c1-10(2)9-15-13(3)7-6-11(14)12-5-4-8-16-12/h4-5,8,10H,6-7,9H2,1-3H3. The Kier molecular flexibility index (Phi) is 5.66. The molecule has 0 aliphatic rings. The largest absolute Gasteiger partial charge is 0.299 e. The van der Waals surface area contributed by atoms with Crippen LogP contribution in [-0.2, 0) is 4.84 Å². The van der Waals surface area contributed by atoms with Gasteiger partial charge in [0.2, 0.25) is 0 Å². The molecule has 16 heavy (non-hydrogen) atoms. The number of thiophene rings is 1. The van der Waals surface area contributed by atoms with E-state index in [2.05, 4.69) is 13.8 Å². The van der Waals surface area contributed by atoms with E-state index < -0.39 is 0 Å². The lowest BCUT2D eigenvalue weighted by Gasteiger charge is -2.17. The Labute approximate surface area is 101 Å². The summed E-state index contributed by atoms with van der Waals surface area (Å²) in [6, 6.07) is 3.76. The van der Waals surface area contributed by atoms with Crippen LogP contribution in [0.2, 0.25) is 0 Å². The fourth-order valence-electron chi connectivity index (χ4n) is 1.16. The zero-order valence-corrected chi connectivity index (χ0v) is 10.9. The zero-order valence-electron chi connectivity index (χ0n) is 10.1. The van der Waals surface area contributed by atoms with Crippen LogP contribution >= 0.6 is 11.3 Å². The molecule has 1 heterocycles. The van der Waals surface area contributed by atoms with Crippen LogP contribution in [0.15, 0.2) is 17.5 Å².